The van der Waals surface area contributed by atoms with E-state index in [1.165, 1.54) is 0 Å². The lowest BCUT2D eigenvalue weighted by Gasteiger charge is -2.32. The average Bonchev–Trinajstić information content (AvgIpc) is 2.03. The van der Waals surface area contributed by atoms with Crippen molar-refractivity contribution in [3.63, 3.8) is 0 Å². The third kappa shape index (κ3) is 2.46. The van der Waals surface area contributed by atoms with Crippen LogP contribution in [0.1, 0.15) is 39.5 Å². The average molecular weight is 158 g/mol. The van der Waals surface area contributed by atoms with E-state index in [4.69, 9.17) is 4.74 Å². The van der Waals surface area contributed by atoms with E-state index < -0.39 is 0 Å². The van der Waals surface area contributed by atoms with Crippen LogP contribution in [0.25, 0.3) is 0 Å². The SMILES string of the molecule is CCC1CC(O)CC(CC)O1. The number of aliphatic hydroxyl groups excluding tert-OH is 1. The summed E-state index contributed by atoms with van der Waals surface area (Å²) in [6.07, 6.45) is 4.16. The number of rotatable bonds is 2. The highest BCUT2D eigenvalue weighted by Crippen LogP contribution is 2.22. The molecule has 1 N–H and O–H groups in total. The minimum Gasteiger partial charge on any atom is -0.393 e. The largest absolute Gasteiger partial charge is 0.393 e. The van der Waals surface area contributed by atoms with Crippen molar-refractivity contribution in [1.82, 2.24) is 0 Å². The van der Waals surface area contributed by atoms with Gasteiger partial charge in [0.1, 0.15) is 0 Å². The van der Waals surface area contributed by atoms with Gasteiger partial charge in [-0.2, -0.15) is 0 Å². The molecule has 2 nitrogen and oxygen atoms in total. The number of ether oxygens (including phenoxy) is 1. The maximum Gasteiger partial charge on any atom is 0.0600 e. The molecule has 0 bridgehead atoms. The van der Waals surface area contributed by atoms with Gasteiger partial charge in [-0.05, 0) is 25.7 Å². The summed E-state index contributed by atoms with van der Waals surface area (Å²) in [7, 11) is 0. The molecule has 1 aliphatic heterocycles. The Kier molecular flexibility index (Phi) is 3.34. The molecule has 0 aromatic rings. The van der Waals surface area contributed by atoms with Crippen LogP contribution in [0.2, 0.25) is 0 Å². The summed E-state index contributed by atoms with van der Waals surface area (Å²) in [5.74, 6) is 0. The van der Waals surface area contributed by atoms with Crippen LogP contribution in [0, 0.1) is 0 Å². The van der Waals surface area contributed by atoms with Crippen LogP contribution in [-0.4, -0.2) is 23.4 Å². The van der Waals surface area contributed by atoms with Crippen molar-refractivity contribution in [3.05, 3.63) is 0 Å². The zero-order valence-corrected chi connectivity index (χ0v) is 7.42. The summed E-state index contributed by atoms with van der Waals surface area (Å²) in [6, 6.07) is 0. The molecule has 1 heterocycles. The van der Waals surface area contributed by atoms with Crippen molar-refractivity contribution < 1.29 is 9.84 Å². The van der Waals surface area contributed by atoms with E-state index in [1.807, 2.05) is 0 Å². The van der Waals surface area contributed by atoms with Crippen molar-refractivity contribution >= 4 is 0 Å². The van der Waals surface area contributed by atoms with Crippen LogP contribution in [0.15, 0.2) is 0 Å². The van der Waals surface area contributed by atoms with E-state index in [2.05, 4.69) is 13.8 Å². The fraction of sp³-hybridized carbons (Fsp3) is 1.00. The molecule has 1 rings (SSSR count). The van der Waals surface area contributed by atoms with E-state index in [0.717, 1.165) is 25.7 Å². The Morgan fingerprint density at radius 2 is 1.64 bits per heavy atom. The van der Waals surface area contributed by atoms with Crippen molar-refractivity contribution in [2.24, 2.45) is 0 Å². The van der Waals surface area contributed by atoms with Gasteiger partial charge >= 0.3 is 0 Å². The summed E-state index contributed by atoms with van der Waals surface area (Å²) < 4.78 is 5.70. The van der Waals surface area contributed by atoms with E-state index in [9.17, 15) is 5.11 Å². The maximum absolute atomic E-state index is 9.43. The molecular formula is C9H18O2. The molecule has 0 saturated carbocycles. The highest BCUT2D eigenvalue weighted by Gasteiger charge is 2.25. The smallest absolute Gasteiger partial charge is 0.0600 e. The summed E-state index contributed by atoms with van der Waals surface area (Å²) in [5.41, 5.74) is 0. The topological polar surface area (TPSA) is 29.5 Å². The van der Waals surface area contributed by atoms with Crippen molar-refractivity contribution in [2.45, 2.75) is 57.8 Å². The van der Waals surface area contributed by atoms with Gasteiger partial charge in [0, 0.05) is 0 Å². The Bertz CT molecular complexity index is 102. The van der Waals surface area contributed by atoms with Crippen LogP contribution < -0.4 is 0 Å². The molecule has 2 atom stereocenters. The lowest BCUT2D eigenvalue weighted by Crippen LogP contribution is -2.34. The Morgan fingerprint density at radius 3 is 2.00 bits per heavy atom. The second-order valence-corrected chi connectivity index (χ2v) is 3.32. The van der Waals surface area contributed by atoms with Gasteiger partial charge in [0.25, 0.3) is 0 Å². The molecule has 0 amide bonds. The van der Waals surface area contributed by atoms with Crippen LogP contribution in [-0.2, 0) is 4.74 Å². The molecule has 2 heteroatoms. The van der Waals surface area contributed by atoms with Crippen LogP contribution in [0.4, 0.5) is 0 Å². The Morgan fingerprint density at radius 1 is 1.18 bits per heavy atom. The highest BCUT2D eigenvalue weighted by atomic mass is 16.5. The first kappa shape index (κ1) is 9.01. The van der Waals surface area contributed by atoms with E-state index in [-0.39, 0.29) is 6.10 Å². The van der Waals surface area contributed by atoms with Gasteiger partial charge in [0.15, 0.2) is 0 Å². The van der Waals surface area contributed by atoms with Gasteiger partial charge in [0.05, 0.1) is 18.3 Å². The highest BCUT2D eigenvalue weighted by molar-refractivity contribution is 4.75. The van der Waals surface area contributed by atoms with Crippen LogP contribution in [0.3, 0.4) is 0 Å². The molecule has 1 aliphatic rings. The molecule has 1 fully saturated rings. The molecule has 11 heavy (non-hydrogen) atoms. The standard InChI is InChI=1S/C9H18O2/c1-3-8-5-7(10)6-9(4-2)11-8/h7-10H,3-6H2,1-2H3. The monoisotopic (exact) mass is 158 g/mol. The Balaban J connectivity index is 2.37. The van der Waals surface area contributed by atoms with Crippen molar-refractivity contribution in [1.29, 1.82) is 0 Å². The fourth-order valence-electron chi connectivity index (χ4n) is 1.61. The molecule has 1 saturated heterocycles. The third-order valence-electron chi connectivity index (χ3n) is 2.37. The molecule has 0 aliphatic carbocycles. The number of hydrogen-bond acceptors (Lipinski definition) is 2. The fourth-order valence-corrected chi connectivity index (χ4v) is 1.61. The molecule has 0 aromatic heterocycles. The third-order valence-corrected chi connectivity index (χ3v) is 2.37. The first-order chi connectivity index (χ1) is 5.26. The van der Waals surface area contributed by atoms with E-state index in [0.29, 0.717) is 12.2 Å². The first-order valence-corrected chi connectivity index (χ1v) is 4.59. The van der Waals surface area contributed by atoms with Crippen LogP contribution in [0.5, 0.6) is 0 Å². The minimum atomic E-state index is -0.126. The summed E-state index contributed by atoms with van der Waals surface area (Å²) in [4.78, 5) is 0. The molecule has 2 unspecified atom stereocenters. The first-order valence-electron chi connectivity index (χ1n) is 4.59. The molecule has 0 spiro atoms. The zero-order valence-electron chi connectivity index (χ0n) is 7.42. The molecule has 66 valence electrons. The van der Waals surface area contributed by atoms with Gasteiger partial charge in [-0.3, -0.25) is 0 Å². The predicted molar refractivity (Wildman–Crippen MR) is 44.5 cm³/mol. The second-order valence-electron chi connectivity index (χ2n) is 3.32. The number of aliphatic hydroxyl groups is 1. The lowest BCUT2D eigenvalue weighted by molar-refractivity contribution is -0.0967. The molecular weight excluding hydrogens is 140 g/mol. The van der Waals surface area contributed by atoms with Gasteiger partial charge in [-0.15, -0.1) is 0 Å². The summed E-state index contributed by atoms with van der Waals surface area (Å²) in [5, 5.41) is 9.43. The summed E-state index contributed by atoms with van der Waals surface area (Å²) >= 11 is 0. The van der Waals surface area contributed by atoms with Gasteiger partial charge in [-0.1, -0.05) is 13.8 Å². The molecule has 0 aromatic carbocycles. The van der Waals surface area contributed by atoms with Gasteiger partial charge < -0.3 is 9.84 Å². The zero-order chi connectivity index (χ0) is 8.27. The van der Waals surface area contributed by atoms with E-state index in [1.54, 1.807) is 0 Å². The predicted octanol–water partition coefficient (Wildman–Crippen LogP) is 1.71. The van der Waals surface area contributed by atoms with Crippen LogP contribution >= 0.6 is 0 Å². The Labute approximate surface area is 68.6 Å². The summed E-state index contributed by atoms with van der Waals surface area (Å²) in [6.45, 7) is 4.21. The lowest BCUT2D eigenvalue weighted by atomic mass is 9.98. The van der Waals surface area contributed by atoms with Gasteiger partial charge in [-0.25, -0.2) is 0 Å². The quantitative estimate of drug-likeness (QED) is 0.663. The van der Waals surface area contributed by atoms with Crippen molar-refractivity contribution in [2.75, 3.05) is 0 Å². The molecule has 0 radical (unpaired) electrons. The minimum absolute atomic E-state index is 0.126. The van der Waals surface area contributed by atoms with Gasteiger partial charge in [0.2, 0.25) is 0 Å². The second kappa shape index (κ2) is 4.07. The van der Waals surface area contributed by atoms with E-state index >= 15 is 0 Å². The Hall–Kier alpha value is -0.0800. The van der Waals surface area contributed by atoms with Crippen molar-refractivity contribution in [3.8, 4) is 0 Å². The normalized spacial score (nSPS) is 39.0. The maximum atomic E-state index is 9.43. The number of hydrogen-bond donors (Lipinski definition) is 1.